The third-order valence-corrected chi connectivity index (χ3v) is 0.270. The fourth-order valence-corrected chi connectivity index (χ4v) is 0. The molecule has 0 aliphatic heterocycles. The molecule has 0 radical (unpaired) electrons. The Kier molecular flexibility index (Phi) is 116. The van der Waals surface area contributed by atoms with Gasteiger partial charge in [-0.05, 0) is 6.92 Å². The Bertz CT molecular complexity index is 48.8. The van der Waals surface area contributed by atoms with Crippen LogP contribution in [0.25, 0.3) is 0 Å². The average Bonchev–Trinajstić information content (AvgIpc) is 2.15. The summed E-state index contributed by atoms with van der Waals surface area (Å²) in [4.78, 5) is 0. The van der Waals surface area contributed by atoms with Crippen molar-refractivity contribution in [3.05, 3.63) is 25.3 Å². The van der Waals surface area contributed by atoms with Crippen molar-refractivity contribution < 1.29 is 5.11 Å². The van der Waals surface area contributed by atoms with Crippen molar-refractivity contribution in [2.24, 2.45) is 0 Å². The normalized spacial score (nSPS) is 4.91. The summed E-state index contributed by atoms with van der Waals surface area (Å²) in [7, 11) is 0. The average molecular weight is 160 g/mol. The van der Waals surface area contributed by atoms with Gasteiger partial charge in [0, 0.05) is 0 Å². The van der Waals surface area contributed by atoms with E-state index in [4.69, 9.17) is 5.11 Å². The van der Waals surface area contributed by atoms with E-state index in [9.17, 15) is 0 Å². The first-order valence-electron chi connectivity index (χ1n) is 4.02. The van der Waals surface area contributed by atoms with Gasteiger partial charge < -0.3 is 5.11 Å². The molecule has 1 nitrogen and oxygen atoms in total. The minimum Gasteiger partial charge on any atom is -0.392 e. The van der Waals surface area contributed by atoms with Gasteiger partial charge in [-0.3, -0.25) is 0 Å². The maximum Gasteiger partial charge on any atom is 0.0636 e. The van der Waals surface area contributed by atoms with Gasteiger partial charge in [0.05, 0.1) is 6.61 Å². The third kappa shape index (κ3) is 252. The molecule has 0 heterocycles. The Morgan fingerprint density at radius 1 is 1.09 bits per heavy atom. The Balaban J connectivity index is -0.0000000350. The Labute approximate surface area is 72.5 Å². The van der Waals surface area contributed by atoms with Crippen molar-refractivity contribution in [3.8, 4) is 0 Å². The van der Waals surface area contributed by atoms with E-state index in [2.05, 4.69) is 19.7 Å². The van der Waals surface area contributed by atoms with E-state index in [0.29, 0.717) is 0 Å². The van der Waals surface area contributed by atoms with Crippen LogP contribution in [0.2, 0.25) is 0 Å². The quantitative estimate of drug-likeness (QED) is 0.583. The number of rotatable bonds is 1. The van der Waals surface area contributed by atoms with Gasteiger partial charge in [-0.1, -0.05) is 39.8 Å². The first kappa shape index (κ1) is 22.4. The number of aliphatic hydroxyl groups excluding tert-OH is 1. The molecule has 0 aromatic carbocycles. The predicted molar refractivity (Wildman–Crippen MR) is 55.8 cm³/mol. The summed E-state index contributed by atoms with van der Waals surface area (Å²) >= 11 is 0. The molecule has 0 bridgehead atoms. The second-order valence-corrected chi connectivity index (χ2v) is 1.12. The molecule has 0 aliphatic rings. The van der Waals surface area contributed by atoms with E-state index in [1.807, 2.05) is 27.7 Å². The van der Waals surface area contributed by atoms with E-state index in [0.717, 1.165) is 5.57 Å². The van der Waals surface area contributed by atoms with Crippen LogP contribution in [-0.4, -0.2) is 11.7 Å². The smallest absolute Gasteiger partial charge is 0.0636 e. The minimum atomic E-state index is 0.111. The molecule has 1 N–H and O–H groups in total. The summed E-state index contributed by atoms with van der Waals surface area (Å²) in [5.74, 6) is 0. The molecule has 70 valence electrons. The predicted octanol–water partition coefficient (Wildman–Crippen LogP) is 3.41. The first-order chi connectivity index (χ1) is 5.27. The number of hydrogen-bond donors (Lipinski definition) is 1. The lowest BCUT2D eigenvalue weighted by Gasteiger charge is -1.79. The van der Waals surface area contributed by atoms with Gasteiger partial charge in [-0.2, -0.15) is 0 Å². The largest absolute Gasteiger partial charge is 0.392 e. The molecule has 0 aliphatic carbocycles. The molecule has 0 saturated heterocycles. The molecule has 0 rings (SSSR count). The van der Waals surface area contributed by atoms with Crippen LogP contribution in [0.15, 0.2) is 25.3 Å². The Hall–Kier alpha value is -0.560. The molecule has 0 spiro atoms. The van der Waals surface area contributed by atoms with Crippen LogP contribution in [0.1, 0.15) is 34.6 Å². The topological polar surface area (TPSA) is 20.2 Å². The summed E-state index contributed by atoms with van der Waals surface area (Å²) in [6.07, 6.45) is 0. The SMILES string of the molecule is C=C.C=C(C)CO.CC.CC. The number of aliphatic hydroxyl groups is 1. The van der Waals surface area contributed by atoms with Crippen molar-refractivity contribution >= 4 is 0 Å². The van der Waals surface area contributed by atoms with Crippen LogP contribution in [0.4, 0.5) is 0 Å². The highest BCUT2D eigenvalue weighted by Crippen LogP contribution is 1.76. The zero-order valence-corrected chi connectivity index (χ0v) is 8.78. The Morgan fingerprint density at radius 3 is 1.18 bits per heavy atom. The standard InChI is InChI=1S/C4H8O.2C2H6.C2H4/c1-4(2)3-5;3*1-2/h5H,1,3H2,2H3;2*1-2H3;1-2H2. The lowest BCUT2D eigenvalue weighted by molar-refractivity contribution is 0.332. The number of hydrogen-bond acceptors (Lipinski definition) is 1. The molecule has 0 amide bonds. The van der Waals surface area contributed by atoms with Crippen LogP contribution in [-0.2, 0) is 0 Å². The minimum absolute atomic E-state index is 0.111. The van der Waals surface area contributed by atoms with Crippen molar-refractivity contribution in [1.29, 1.82) is 0 Å². The van der Waals surface area contributed by atoms with Gasteiger partial charge in [0.1, 0.15) is 0 Å². The fraction of sp³-hybridized carbons (Fsp3) is 0.600. The molecule has 0 saturated carbocycles. The lowest BCUT2D eigenvalue weighted by atomic mass is 10.4. The van der Waals surface area contributed by atoms with Crippen LogP contribution in [0.3, 0.4) is 0 Å². The molecule has 0 atom stereocenters. The summed E-state index contributed by atoms with van der Waals surface area (Å²) in [6, 6.07) is 0. The van der Waals surface area contributed by atoms with Crippen molar-refractivity contribution in [3.63, 3.8) is 0 Å². The monoisotopic (exact) mass is 160 g/mol. The van der Waals surface area contributed by atoms with Crippen molar-refractivity contribution in [2.45, 2.75) is 34.6 Å². The van der Waals surface area contributed by atoms with Crippen LogP contribution >= 0.6 is 0 Å². The molecule has 0 aromatic rings. The van der Waals surface area contributed by atoms with Gasteiger partial charge in [-0.25, -0.2) is 0 Å². The van der Waals surface area contributed by atoms with Gasteiger partial charge in [-0.15, -0.1) is 13.2 Å². The van der Waals surface area contributed by atoms with Crippen LogP contribution in [0, 0.1) is 0 Å². The molecule has 0 unspecified atom stereocenters. The zero-order valence-electron chi connectivity index (χ0n) is 8.78. The highest BCUT2D eigenvalue weighted by atomic mass is 16.3. The third-order valence-electron chi connectivity index (χ3n) is 0.270. The molecule has 1 heteroatoms. The maximum absolute atomic E-state index is 8.04. The van der Waals surface area contributed by atoms with E-state index in [1.54, 1.807) is 6.92 Å². The fourth-order valence-electron chi connectivity index (χ4n) is 0. The summed E-state index contributed by atoms with van der Waals surface area (Å²) in [5, 5.41) is 8.04. The van der Waals surface area contributed by atoms with Gasteiger partial charge in [0.2, 0.25) is 0 Å². The van der Waals surface area contributed by atoms with E-state index in [-0.39, 0.29) is 6.61 Å². The second kappa shape index (κ2) is 56.8. The van der Waals surface area contributed by atoms with Crippen molar-refractivity contribution in [1.82, 2.24) is 0 Å². The van der Waals surface area contributed by atoms with Gasteiger partial charge >= 0.3 is 0 Å². The Morgan fingerprint density at radius 2 is 1.18 bits per heavy atom. The van der Waals surface area contributed by atoms with Crippen LogP contribution in [0.5, 0.6) is 0 Å². The van der Waals surface area contributed by atoms with Crippen molar-refractivity contribution in [2.75, 3.05) is 6.61 Å². The summed E-state index contributed by atoms with van der Waals surface area (Å²) in [6.45, 7) is 19.3. The van der Waals surface area contributed by atoms with Gasteiger partial charge in [0.25, 0.3) is 0 Å². The van der Waals surface area contributed by atoms with E-state index in [1.165, 1.54) is 0 Å². The first-order valence-corrected chi connectivity index (χ1v) is 4.02. The van der Waals surface area contributed by atoms with E-state index < -0.39 is 0 Å². The zero-order chi connectivity index (χ0) is 10.3. The maximum atomic E-state index is 8.04. The second-order valence-electron chi connectivity index (χ2n) is 1.12. The highest BCUT2D eigenvalue weighted by Gasteiger charge is 1.69. The van der Waals surface area contributed by atoms with Gasteiger partial charge in [0.15, 0.2) is 0 Å². The summed E-state index contributed by atoms with van der Waals surface area (Å²) in [5.41, 5.74) is 0.810. The highest BCUT2D eigenvalue weighted by molar-refractivity contribution is 4.85. The lowest BCUT2D eigenvalue weighted by Crippen LogP contribution is -1.76. The molecule has 11 heavy (non-hydrogen) atoms. The van der Waals surface area contributed by atoms with Crippen LogP contribution < -0.4 is 0 Å². The molecule has 0 fully saturated rings. The molecule has 0 aromatic heterocycles. The molecular formula is C10H24O. The summed E-state index contributed by atoms with van der Waals surface area (Å²) < 4.78 is 0. The molecular weight excluding hydrogens is 136 g/mol. The van der Waals surface area contributed by atoms with E-state index >= 15 is 0 Å².